The average Bonchev–Trinajstić information content (AvgIpc) is 2.71. The van der Waals surface area contributed by atoms with E-state index in [2.05, 4.69) is 38.2 Å². The molecule has 3 N–H and O–H groups in total. The Morgan fingerprint density at radius 2 is 2.15 bits per heavy atom. The Labute approximate surface area is 128 Å². The van der Waals surface area contributed by atoms with Crippen LogP contribution in [0.4, 0.5) is 5.69 Å². The SMILES string of the molecule is O=C(CNc1cccc(Br)c1)NNC1=CCCCCC1. The fourth-order valence-electron chi connectivity index (χ4n) is 2.10. The lowest BCUT2D eigenvalue weighted by Gasteiger charge is -2.12. The summed E-state index contributed by atoms with van der Waals surface area (Å²) in [5, 5.41) is 3.08. The zero-order chi connectivity index (χ0) is 14.2. The predicted molar refractivity (Wildman–Crippen MR) is 85.1 cm³/mol. The molecule has 0 aliphatic heterocycles. The van der Waals surface area contributed by atoms with E-state index in [9.17, 15) is 4.79 Å². The lowest BCUT2D eigenvalue weighted by Crippen LogP contribution is -2.40. The number of carbonyl (C=O) groups excluding carboxylic acids is 1. The van der Waals surface area contributed by atoms with Gasteiger partial charge in [-0.1, -0.05) is 34.5 Å². The number of nitrogens with one attached hydrogen (secondary N) is 3. The van der Waals surface area contributed by atoms with Crippen molar-refractivity contribution >= 4 is 27.5 Å². The molecule has 0 saturated heterocycles. The number of hydrazine groups is 1. The van der Waals surface area contributed by atoms with E-state index in [1.54, 1.807) is 0 Å². The Balaban J connectivity index is 1.71. The minimum absolute atomic E-state index is 0.0740. The Morgan fingerprint density at radius 3 is 3.00 bits per heavy atom. The quantitative estimate of drug-likeness (QED) is 0.722. The summed E-state index contributed by atoms with van der Waals surface area (Å²) in [7, 11) is 0. The molecule has 1 aromatic rings. The molecule has 1 aliphatic rings. The molecule has 0 radical (unpaired) electrons. The van der Waals surface area contributed by atoms with E-state index in [0.29, 0.717) is 0 Å². The summed E-state index contributed by atoms with van der Waals surface area (Å²) in [6, 6.07) is 7.75. The number of halogens is 1. The maximum atomic E-state index is 11.8. The van der Waals surface area contributed by atoms with E-state index in [1.165, 1.54) is 19.3 Å². The van der Waals surface area contributed by atoms with Gasteiger partial charge in [0.2, 0.25) is 0 Å². The van der Waals surface area contributed by atoms with Gasteiger partial charge >= 0.3 is 0 Å². The first-order valence-corrected chi connectivity index (χ1v) is 7.77. The van der Waals surface area contributed by atoms with E-state index in [0.717, 1.165) is 28.7 Å². The second-order valence-electron chi connectivity index (χ2n) is 4.87. The third kappa shape index (κ3) is 5.25. The van der Waals surface area contributed by atoms with Gasteiger partial charge in [0.05, 0.1) is 6.54 Å². The van der Waals surface area contributed by atoms with E-state index in [1.807, 2.05) is 24.3 Å². The molecule has 1 amide bonds. The zero-order valence-corrected chi connectivity index (χ0v) is 13.0. The normalized spacial score (nSPS) is 14.9. The van der Waals surface area contributed by atoms with Crippen LogP contribution in [0.5, 0.6) is 0 Å². The summed E-state index contributed by atoms with van der Waals surface area (Å²) in [6.45, 7) is 0.247. The van der Waals surface area contributed by atoms with E-state index in [4.69, 9.17) is 0 Å². The third-order valence-corrected chi connectivity index (χ3v) is 3.67. The van der Waals surface area contributed by atoms with Crippen molar-refractivity contribution in [3.8, 4) is 0 Å². The number of hydrogen-bond acceptors (Lipinski definition) is 3. The van der Waals surface area contributed by atoms with E-state index >= 15 is 0 Å². The van der Waals surface area contributed by atoms with Crippen molar-refractivity contribution in [2.75, 3.05) is 11.9 Å². The number of allylic oxidation sites excluding steroid dienone is 2. The molecule has 0 spiro atoms. The molecule has 0 heterocycles. The molecule has 0 unspecified atom stereocenters. The predicted octanol–water partition coefficient (Wildman–Crippen LogP) is 3.33. The summed E-state index contributed by atoms with van der Waals surface area (Å²) in [5.74, 6) is -0.0740. The first kappa shape index (κ1) is 14.9. The van der Waals surface area contributed by atoms with E-state index in [-0.39, 0.29) is 12.5 Å². The topological polar surface area (TPSA) is 53.2 Å². The number of hydrogen-bond donors (Lipinski definition) is 3. The smallest absolute Gasteiger partial charge is 0.257 e. The highest BCUT2D eigenvalue weighted by molar-refractivity contribution is 9.10. The van der Waals surface area contributed by atoms with Crippen molar-refractivity contribution in [1.29, 1.82) is 0 Å². The van der Waals surface area contributed by atoms with Crippen LogP contribution in [0, 0.1) is 0 Å². The molecule has 0 aromatic heterocycles. The highest BCUT2D eigenvalue weighted by atomic mass is 79.9. The summed E-state index contributed by atoms with van der Waals surface area (Å²) < 4.78 is 0.990. The van der Waals surface area contributed by atoms with Gasteiger partial charge in [-0.2, -0.15) is 0 Å². The van der Waals surface area contributed by atoms with Gasteiger partial charge in [0, 0.05) is 15.9 Å². The van der Waals surface area contributed by atoms with Gasteiger partial charge in [0.15, 0.2) is 0 Å². The van der Waals surface area contributed by atoms with Crippen LogP contribution in [0.3, 0.4) is 0 Å². The van der Waals surface area contributed by atoms with Crippen molar-refractivity contribution in [3.63, 3.8) is 0 Å². The van der Waals surface area contributed by atoms with Crippen LogP contribution in [-0.2, 0) is 4.79 Å². The Morgan fingerprint density at radius 1 is 1.25 bits per heavy atom. The molecule has 5 heteroatoms. The molecule has 108 valence electrons. The summed E-state index contributed by atoms with van der Waals surface area (Å²) in [5.41, 5.74) is 7.80. The second kappa shape index (κ2) is 7.94. The van der Waals surface area contributed by atoms with Gasteiger partial charge in [-0.15, -0.1) is 0 Å². The van der Waals surface area contributed by atoms with Crippen LogP contribution < -0.4 is 16.2 Å². The van der Waals surface area contributed by atoms with Crippen molar-refractivity contribution in [1.82, 2.24) is 10.9 Å². The van der Waals surface area contributed by atoms with Crippen molar-refractivity contribution < 1.29 is 4.79 Å². The Hall–Kier alpha value is -1.49. The summed E-state index contributed by atoms with van der Waals surface area (Å²) >= 11 is 3.40. The zero-order valence-electron chi connectivity index (χ0n) is 11.4. The molecule has 0 fully saturated rings. The Kier molecular flexibility index (Phi) is 5.92. The van der Waals surface area contributed by atoms with Crippen LogP contribution in [-0.4, -0.2) is 12.5 Å². The van der Waals surface area contributed by atoms with Crippen molar-refractivity contribution in [2.24, 2.45) is 0 Å². The van der Waals surface area contributed by atoms with Crippen LogP contribution in [0.15, 0.2) is 40.5 Å². The fraction of sp³-hybridized carbons (Fsp3) is 0.400. The standard InChI is InChI=1S/C15H20BrN3O/c16-12-6-5-9-14(10-12)17-11-15(20)19-18-13-7-3-1-2-4-8-13/h5-7,9-10,17-18H,1-4,8,11H2,(H,19,20). The first-order valence-electron chi connectivity index (χ1n) is 6.97. The van der Waals surface area contributed by atoms with Crippen LogP contribution >= 0.6 is 15.9 Å². The number of amides is 1. The maximum Gasteiger partial charge on any atom is 0.257 e. The second-order valence-corrected chi connectivity index (χ2v) is 5.78. The molecular weight excluding hydrogens is 318 g/mol. The minimum Gasteiger partial charge on any atom is -0.376 e. The van der Waals surface area contributed by atoms with Gasteiger partial charge in [0.25, 0.3) is 5.91 Å². The van der Waals surface area contributed by atoms with Crippen molar-refractivity contribution in [2.45, 2.75) is 32.1 Å². The molecule has 0 saturated carbocycles. The average molecular weight is 338 g/mol. The lowest BCUT2D eigenvalue weighted by molar-refractivity contribution is -0.120. The largest absolute Gasteiger partial charge is 0.376 e. The highest BCUT2D eigenvalue weighted by Crippen LogP contribution is 2.15. The Bertz CT molecular complexity index is 488. The summed E-state index contributed by atoms with van der Waals surface area (Å²) in [4.78, 5) is 11.8. The lowest BCUT2D eigenvalue weighted by atomic mass is 10.2. The first-order chi connectivity index (χ1) is 9.74. The molecular formula is C15H20BrN3O. The number of benzene rings is 1. The van der Waals surface area contributed by atoms with Crippen molar-refractivity contribution in [3.05, 3.63) is 40.5 Å². The van der Waals surface area contributed by atoms with Crippen LogP contribution in [0.2, 0.25) is 0 Å². The van der Waals surface area contributed by atoms with Gasteiger partial charge in [-0.3, -0.25) is 10.2 Å². The summed E-state index contributed by atoms with van der Waals surface area (Å²) in [6.07, 6.45) is 7.97. The molecule has 20 heavy (non-hydrogen) atoms. The number of rotatable bonds is 5. The third-order valence-electron chi connectivity index (χ3n) is 3.18. The molecule has 1 aliphatic carbocycles. The number of carbonyl (C=O) groups is 1. The molecule has 0 bridgehead atoms. The minimum atomic E-state index is -0.0740. The highest BCUT2D eigenvalue weighted by Gasteiger charge is 2.04. The van der Waals surface area contributed by atoms with Gasteiger partial charge in [-0.25, -0.2) is 0 Å². The molecule has 4 nitrogen and oxygen atoms in total. The van der Waals surface area contributed by atoms with Gasteiger partial charge < -0.3 is 10.7 Å². The van der Waals surface area contributed by atoms with E-state index < -0.39 is 0 Å². The fourth-order valence-corrected chi connectivity index (χ4v) is 2.50. The number of anilines is 1. The van der Waals surface area contributed by atoms with Crippen LogP contribution in [0.1, 0.15) is 32.1 Å². The molecule has 1 aromatic carbocycles. The maximum absolute atomic E-state index is 11.8. The van der Waals surface area contributed by atoms with Gasteiger partial charge in [0.1, 0.15) is 0 Å². The monoisotopic (exact) mass is 337 g/mol. The molecule has 0 atom stereocenters. The van der Waals surface area contributed by atoms with Crippen LogP contribution in [0.25, 0.3) is 0 Å². The molecule has 2 rings (SSSR count). The van der Waals surface area contributed by atoms with Gasteiger partial charge in [-0.05, 0) is 43.9 Å².